The summed E-state index contributed by atoms with van der Waals surface area (Å²) in [5.41, 5.74) is 5.91. The van der Waals surface area contributed by atoms with Crippen molar-refractivity contribution in [2.75, 3.05) is 240 Å². The molecular weight excluding hydrogens is 1050 g/mol. The number of aromatic nitrogens is 1. The highest BCUT2D eigenvalue weighted by atomic mass is 16.2. The van der Waals surface area contributed by atoms with E-state index in [1.807, 2.05) is 37.2 Å². The summed E-state index contributed by atoms with van der Waals surface area (Å²) < 4.78 is 0. The first-order chi connectivity index (χ1) is 39.9. The van der Waals surface area contributed by atoms with Crippen molar-refractivity contribution in [3.8, 4) is 0 Å². The molecule has 2 N–H and O–H groups in total. The lowest BCUT2D eigenvalue weighted by Gasteiger charge is -2.43. The Bertz CT molecular complexity index is 1820. The van der Waals surface area contributed by atoms with Gasteiger partial charge in [-0.3, -0.25) is 29.3 Å². The van der Waals surface area contributed by atoms with E-state index in [2.05, 4.69) is 173 Å². The Kier molecular flexibility index (Phi) is 34.3. The molecule has 0 aliphatic carbocycles. The van der Waals surface area contributed by atoms with Crippen LogP contribution in [-0.2, 0) is 16.0 Å². The quantitative estimate of drug-likeness (QED) is 0.356. The number of primary amides is 1. The minimum atomic E-state index is -0.499. The van der Waals surface area contributed by atoms with Crippen LogP contribution in [0.5, 0.6) is 0 Å². The van der Waals surface area contributed by atoms with E-state index in [1.54, 1.807) is 0 Å². The monoisotopic (exact) mass is 1180 g/mol. The predicted molar refractivity (Wildman–Crippen MR) is 354 cm³/mol. The van der Waals surface area contributed by atoms with Crippen molar-refractivity contribution in [2.45, 2.75) is 142 Å². The summed E-state index contributed by atoms with van der Waals surface area (Å²) in [4.78, 5) is 61.0. The van der Waals surface area contributed by atoms with E-state index in [0.717, 1.165) is 89.5 Å². The van der Waals surface area contributed by atoms with E-state index in [1.165, 1.54) is 181 Å². The van der Waals surface area contributed by atoms with Gasteiger partial charge in [0.05, 0.1) is 11.1 Å². The Labute approximate surface area is 516 Å². The topological polar surface area (TPSA) is 118 Å². The molecule has 0 spiro atoms. The van der Waals surface area contributed by atoms with Gasteiger partial charge in [-0.05, 0) is 246 Å². The Morgan fingerprint density at radius 2 is 0.964 bits per heavy atom. The van der Waals surface area contributed by atoms with Gasteiger partial charge in [0.2, 0.25) is 11.8 Å². The molecule has 0 bridgehead atoms. The number of rotatable bonds is 10. The number of amides is 2. The predicted octanol–water partition coefficient (Wildman–Crippen LogP) is 4.42. The zero-order chi connectivity index (χ0) is 61.8. The molecule has 9 fully saturated rings. The standard InChI is InChI=1S/C13H25N3O.C12H18N2.C9H19N3O.C9H18N2.2C8H18N2.C7H16N2/c1-13(2,12(17)15-6-4-5-7-15)16-10-8-14(3)9-11-16;1-14-7-4-11(5-8-14)9-12-3-2-6-13-10-12;1-9(2,8(10)13)12-6-4-11(3)5-7-12;1-10-7-3-9(4-8-10)11-5-2-6-11;1-9(2)8-4-6-10(3)7-5-8;1-8(2)10-6-4-9(3)5-7-10;1-3-9-6-4-8(2)5-7-9/h4-11H2,1-3H3;2-3,6,10-11H,4-5,7-9H2,1H3;4-7H2,1-3H3,(H2,10,13);9H,2-8H2,1H3;2*8H,4-7H2,1-3H3;3-7H2,1-2H3. The molecule has 10 rings (SSSR count). The summed E-state index contributed by atoms with van der Waals surface area (Å²) in [7, 11) is 19.6. The molecule has 1 aromatic heterocycles. The second kappa shape index (κ2) is 38.9. The normalized spacial score (nSPS) is 23.9. The smallest absolute Gasteiger partial charge is 0.242 e. The maximum atomic E-state index is 12.5. The molecular formula is C66H132N16O2. The maximum Gasteiger partial charge on any atom is 0.242 e. The van der Waals surface area contributed by atoms with Crippen LogP contribution >= 0.6 is 0 Å². The minimum Gasteiger partial charge on any atom is -0.368 e. The average Bonchev–Trinajstić information content (AvgIpc) is 4.20. The molecule has 0 unspecified atom stereocenters. The number of carbonyl (C=O) groups excluding carboxylic acids is 2. The van der Waals surface area contributed by atoms with Gasteiger partial charge >= 0.3 is 0 Å². The van der Waals surface area contributed by atoms with Crippen LogP contribution in [0, 0.1) is 5.92 Å². The van der Waals surface area contributed by atoms with Gasteiger partial charge in [0.25, 0.3) is 0 Å². The number of hydrogen-bond donors (Lipinski definition) is 1. The van der Waals surface area contributed by atoms with E-state index in [0.29, 0.717) is 5.91 Å². The largest absolute Gasteiger partial charge is 0.368 e. The van der Waals surface area contributed by atoms with Gasteiger partial charge in [0.15, 0.2) is 0 Å². The van der Waals surface area contributed by atoms with E-state index < -0.39 is 5.54 Å². The zero-order valence-electron chi connectivity index (χ0n) is 57.4. The minimum absolute atomic E-state index is 0.239. The lowest BCUT2D eigenvalue weighted by molar-refractivity contribution is -0.142. The van der Waals surface area contributed by atoms with Crippen molar-refractivity contribution in [1.82, 2.24) is 73.6 Å². The molecule has 9 aliphatic heterocycles. The summed E-state index contributed by atoms with van der Waals surface area (Å²) >= 11 is 0. The van der Waals surface area contributed by atoms with Crippen LogP contribution in [0.2, 0.25) is 0 Å². The summed E-state index contributed by atoms with van der Waals surface area (Å²) in [5.74, 6) is 0.951. The molecule has 10 heterocycles. The van der Waals surface area contributed by atoms with Crippen LogP contribution in [0.4, 0.5) is 0 Å². The first kappa shape index (κ1) is 74.0. The van der Waals surface area contributed by atoms with Gasteiger partial charge in [0, 0.05) is 148 Å². The van der Waals surface area contributed by atoms with Crippen LogP contribution in [0.15, 0.2) is 24.5 Å². The number of likely N-dealkylation sites (N-methyl/N-ethyl adjacent to an activating group) is 5. The number of nitrogens with zero attached hydrogens (tertiary/aromatic N) is 15. The summed E-state index contributed by atoms with van der Waals surface area (Å²) in [6, 6.07) is 6.71. The third kappa shape index (κ3) is 27.1. The van der Waals surface area contributed by atoms with Gasteiger partial charge in [0.1, 0.15) is 0 Å². The highest BCUT2D eigenvalue weighted by Gasteiger charge is 2.39. The third-order valence-electron chi connectivity index (χ3n) is 20.0. The number of hydrogen-bond acceptors (Lipinski definition) is 16. The van der Waals surface area contributed by atoms with Gasteiger partial charge in [-0.1, -0.05) is 13.0 Å². The second-order valence-corrected chi connectivity index (χ2v) is 28.0. The van der Waals surface area contributed by atoms with Gasteiger partial charge in [-0.15, -0.1) is 0 Å². The highest BCUT2D eigenvalue weighted by molar-refractivity contribution is 5.85. The number of piperidine rings is 3. The molecule has 1 aromatic rings. The third-order valence-corrected chi connectivity index (χ3v) is 20.0. The van der Waals surface area contributed by atoms with Crippen molar-refractivity contribution in [1.29, 1.82) is 0 Å². The molecule has 0 aromatic carbocycles. The fraction of sp³-hybridized carbons (Fsp3) is 0.894. The van der Waals surface area contributed by atoms with Crippen LogP contribution < -0.4 is 5.73 Å². The number of pyridine rings is 1. The lowest BCUT2D eigenvalue weighted by atomic mass is 9.91. The fourth-order valence-corrected chi connectivity index (χ4v) is 12.5. The molecule has 18 nitrogen and oxygen atoms in total. The molecule has 0 radical (unpaired) electrons. The van der Waals surface area contributed by atoms with Gasteiger partial charge in [-0.2, -0.15) is 0 Å². The average molecular weight is 1180 g/mol. The van der Waals surface area contributed by atoms with Crippen molar-refractivity contribution >= 4 is 11.8 Å². The first-order valence-corrected chi connectivity index (χ1v) is 33.5. The molecule has 9 aliphatic rings. The van der Waals surface area contributed by atoms with Gasteiger partial charge < -0.3 is 59.6 Å². The van der Waals surface area contributed by atoms with Crippen LogP contribution in [0.25, 0.3) is 0 Å². The first-order valence-electron chi connectivity index (χ1n) is 33.5. The van der Waals surface area contributed by atoms with Crippen molar-refractivity contribution < 1.29 is 9.59 Å². The molecule has 84 heavy (non-hydrogen) atoms. The van der Waals surface area contributed by atoms with Crippen LogP contribution in [-0.4, -0.2) is 355 Å². The molecule has 0 atom stereocenters. The molecule has 2 amide bonds. The summed E-state index contributed by atoms with van der Waals surface area (Å²) in [5, 5.41) is 0. The Morgan fingerprint density at radius 3 is 1.36 bits per heavy atom. The van der Waals surface area contributed by atoms with Crippen LogP contribution in [0.1, 0.15) is 112 Å². The lowest BCUT2D eigenvalue weighted by Crippen LogP contribution is -2.60. The van der Waals surface area contributed by atoms with E-state index >= 15 is 0 Å². The SMILES string of the molecule is CC(C)N1CCN(C)CC1.CCN1CCN(C)CC1.CN1CCC(Cc2cccnc2)CC1.CN1CCC(N(C)C)CC1.CN1CCC(N2CCC2)CC1.CN1CCN(C(C)(C)C(=O)N2CCCC2)CC1.CN1CCN(C(C)(C)C(N)=O)CC1. The van der Waals surface area contributed by atoms with Crippen LogP contribution in [0.3, 0.4) is 0 Å². The summed E-state index contributed by atoms with van der Waals surface area (Å²) in [6.07, 6.45) is 17.0. The number of piperazine rings is 4. The van der Waals surface area contributed by atoms with E-state index in [9.17, 15) is 9.59 Å². The van der Waals surface area contributed by atoms with Crippen molar-refractivity contribution in [3.05, 3.63) is 30.1 Å². The maximum absolute atomic E-state index is 12.5. The molecule has 0 saturated carbocycles. The van der Waals surface area contributed by atoms with Gasteiger partial charge in [-0.25, -0.2) is 0 Å². The fourth-order valence-electron chi connectivity index (χ4n) is 12.5. The molecule has 18 heteroatoms. The number of carbonyl (C=O) groups is 2. The number of likely N-dealkylation sites (tertiary alicyclic amines) is 5. The Balaban J connectivity index is 0.000000212. The van der Waals surface area contributed by atoms with E-state index in [-0.39, 0.29) is 11.4 Å². The molecule has 9 saturated heterocycles. The van der Waals surface area contributed by atoms with Crippen molar-refractivity contribution in [3.63, 3.8) is 0 Å². The Morgan fingerprint density at radius 1 is 0.548 bits per heavy atom. The highest BCUT2D eigenvalue weighted by Crippen LogP contribution is 2.24. The zero-order valence-corrected chi connectivity index (χ0v) is 57.4. The molecule has 488 valence electrons. The second-order valence-electron chi connectivity index (χ2n) is 28.0. The number of nitrogens with two attached hydrogens (primary N) is 1. The van der Waals surface area contributed by atoms with Crippen molar-refractivity contribution in [2.24, 2.45) is 11.7 Å². The van der Waals surface area contributed by atoms with E-state index in [4.69, 9.17) is 5.73 Å². The Hall–Kier alpha value is -2.43. The summed E-state index contributed by atoms with van der Waals surface area (Å²) in [6.45, 7) is 46.2.